The van der Waals surface area contributed by atoms with E-state index in [0.717, 1.165) is 5.40 Å². The zero-order valence-electron chi connectivity index (χ0n) is 2.72. The molecule has 0 aromatic carbocycles. The van der Waals surface area contributed by atoms with Crippen molar-refractivity contribution in [3.05, 3.63) is 0 Å². The van der Waals surface area contributed by atoms with E-state index >= 15 is 0 Å². The van der Waals surface area contributed by atoms with Gasteiger partial charge < -0.3 is 0 Å². The van der Waals surface area contributed by atoms with Crippen LogP contribution in [0.4, 0.5) is 0 Å². The van der Waals surface area contributed by atoms with Crippen LogP contribution in [0.25, 0.3) is 0 Å². The second kappa shape index (κ2) is 1.33. The maximum atomic E-state index is 7.83. The molecule has 0 bridgehead atoms. The molecule has 35 valence electrons. The van der Waals surface area contributed by atoms with Crippen molar-refractivity contribution in [3.63, 3.8) is 0 Å². The van der Waals surface area contributed by atoms with Gasteiger partial charge in [-0.25, -0.2) is 0 Å². The first-order valence-electron chi connectivity index (χ1n) is 0.885. The first-order chi connectivity index (χ1) is 2.00. The molecule has 0 heterocycles. The molecule has 0 rings (SSSR count). The van der Waals surface area contributed by atoms with Crippen molar-refractivity contribution in [2.24, 2.45) is 0 Å². The molecule has 0 radical (unpaired) electrons. The second-order valence-electron chi connectivity index (χ2n) is 0.734. The average molecular weight is 252 g/mol. The fourth-order valence-corrected chi connectivity index (χ4v) is 0. The van der Waals surface area contributed by atoms with E-state index in [0.29, 0.717) is 0 Å². The predicted molar refractivity (Wildman–Crippen MR) is 12.5 cm³/mol. The monoisotopic (exact) mass is 253 g/mol. The Balaban J connectivity index is 3.02. The Morgan fingerprint density at radius 3 is 1.20 bits per heavy atom. The van der Waals surface area contributed by atoms with Crippen molar-refractivity contribution in [1.82, 2.24) is 0 Å². The van der Waals surface area contributed by atoms with Crippen molar-refractivity contribution in [2.45, 2.75) is 5.40 Å². The molecule has 0 aromatic heterocycles. The van der Waals surface area contributed by atoms with Crippen LogP contribution in [0, 0.1) is 0 Å². The number of rotatable bonds is 0. The molecule has 0 aliphatic carbocycles. The Hall–Kier alpha value is 0.542. The molecule has 0 aliphatic heterocycles. The van der Waals surface area contributed by atoms with E-state index in [4.69, 9.17) is 11.5 Å². The van der Waals surface area contributed by atoms with Crippen molar-refractivity contribution in [2.75, 3.05) is 0 Å². The molecular weight excluding hydrogens is 246 g/mol. The van der Waals surface area contributed by atoms with Crippen LogP contribution >= 0.6 is 0 Å². The molecule has 3 N–H and O–H groups in total. The van der Waals surface area contributed by atoms with Crippen LogP contribution in [0.2, 0.25) is 5.40 Å². The second-order valence-corrected chi connectivity index (χ2v) is 6.01. The van der Waals surface area contributed by atoms with Crippen molar-refractivity contribution in [3.8, 4) is 0 Å². The normalized spacial score (nSPS) is 15.2. The molecule has 0 spiro atoms. The summed E-state index contributed by atoms with van der Waals surface area (Å²) in [5.74, 6) is 0. The Bertz CT molecular complexity index is 22.4. The molecule has 5 heavy (non-hydrogen) atoms. The summed E-state index contributed by atoms with van der Waals surface area (Å²) in [6.45, 7) is 0. The average Bonchev–Trinajstić information content (AvgIpc) is 0.722. The van der Waals surface area contributed by atoms with Crippen LogP contribution in [0.3, 0.4) is 0 Å². The standard InChI is InChI=1S/CH3.3H2O.Re/h1H3;3*1H2;/q;;;;+3/p-3. The fourth-order valence-electron chi connectivity index (χ4n) is 0. The fraction of sp³-hybridized carbons (Fsp3) is 1.00. The van der Waals surface area contributed by atoms with E-state index in [1.807, 2.05) is 0 Å². The van der Waals surface area contributed by atoms with E-state index in [9.17, 15) is 0 Å². The van der Waals surface area contributed by atoms with Gasteiger partial charge in [-0.05, 0) is 0 Å². The first-order valence-corrected chi connectivity index (χ1v) is 7.24. The van der Waals surface area contributed by atoms with E-state index < -0.39 is 16.7 Å². The minimum atomic E-state index is -4.11. The van der Waals surface area contributed by atoms with Gasteiger partial charge in [0.25, 0.3) is 0 Å². The molecule has 0 fully saturated rings. The van der Waals surface area contributed by atoms with E-state index in [1.165, 1.54) is 0 Å². The molecule has 4 heteroatoms. The summed E-state index contributed by atoms with van der Waals surface area (Å²) in [4.78, 5) is 0. The van der Waals surface area contributed by atoms with Crippen LogP contribution in [-0.2, 0) is 16.7 Å². The van der Waals surface area contributed by atoms with E-state index in [1.54, 1.807) is 0 Å². The van der Waals surface area contributed by atoms with Crippen LogP contribution < -0.4 is 0 Å². The van der Waals surface area contributed by atoms with Gasteiger partial charge in [-0.2, -0.15) is 0 Å². The predicted octanol–water partition coefficient (Wildman–Crippen LogP) is -1.09. The van der Waals surface area contributed by atoms with Crippen molar-refractivity contribution < 1.29 is 28.1 Å². The van der Waals surface area contributed by atoms with Gasteiger partial charge >= 0.3 is 33.5 Å². The molecule has 0 aliphatic rings. The summed E-state index contributed by atoms with van der Waals surface area (Å²) in [6.07, 6.45) is 0. The summed E-state index contributed by atoms with van der Waals surface area (Å²) in [7, 11) is 0. The third-order valence-electron chi connectivity index (χ3n) is 0. The zero-order valence-corrected chi connectivity index (χ0v) is 5.44. The van der Waals surface area contributed by atoms with Crippen molar-refractivity contribution in [1.29, 1.82) is 0 Å². The number of hydrogen-bond donors (Lipinski definition) is 3. The summed E-state index contributed by atoms with van der Waals surface area (Å²) in [5, 5.41) is 1.06. The third kappa shape index (κ3) is 99.8. The van der Waals surface area contributed by atoms with E-state index in [-0.39, 0.29) is 0 Å². The quantitative estimate of drug-likeness (QED) is 0.513. The Labute approximate surface area is 34.2 Å². The molecule has 0 saturated carbocycles. The van der Waals surface area contributed by atoms with Gasteiger partial charge in [0.1, 0.15) is 0 Å². The van der Waals surface area contributed by atoms with Crippen LogP contribution in [0.15, 0.2) is 0 Å². The first kappa shape index (κ1) is 5.54. The van der Waals surface area contributed by atoms with Crippen LogP contribution in [0.5, 0.6) is 0 Å². The summed E-state index contributed by atoms with van der Waals surface area (Å²) >= 11 is -4.11. The molecule has 3 nitrogen and oxygen atoms in total. The van der Waals surface area contributed by atoms with Gasteiger partial charge in [0, 0.05) is 0 Å². The topological polar surface area (TPSA) is 60.7 Å². The maximum absolute atomic E-state index is 7.83. The SMILES string of the molecule is [CH3][Re]([OH])([OH])[OH]. The summed E-state index contributed by atoms with van der Waals surface area (Å²) < 4.78 is 23.5. The molecule has 0 saturated heterocycles. The van der Waals surface area contributed by atoms with Gasteiger partial charge in [0.15, 0.2) is 0 Å². The molecule has 0 atom stereocenters. The Morgan fingerprint density at radius 2 is 1.20 bits per heavy atom. The van der Waals surface area contributed by atoms with Gasteiger partial charge in [0.05, 0.1) is 0 Å². The van der Waals surface area contributed by atoms with Gasteiger partial charge in [-0.1, -0.05) is 0 Å². The summed E-state index contributed by atoms with van der Waals surface area (Å²) in [5.41, 5.74) is 0. The van der Waals surface area contributed by atoms with Crippen LogP contribution in [0.1, 0.15) is 0 Å². The zero-order chi connectivity index (χ0) is 4.50. The molecule has 0 aromatic rings. The Morgan fingerprint density at radius 1 is 1.20 bits per heavy atom. The van der Waals surface area contributed by atoms with Crippen LogP contribution in [-0.4, -0.2) is 11.5 Å². The summed E-state index contributed by atoms with van der Waals surface area (Å²) in [6, 6.07) is 0. The molecule has 0 amide bonds. The Kier molecular flexibility index (Phi) is 1.48. The number of hydrogen-bond acceptors (Lipinski definition) is 3. The van der Waals surface area contributed by atoms with Gasteiger partial charge in [0.2, 0.25) is 0 Å². The minimum absolute atomic E-state index is 1.06. The van der Waals surface area contributed by atoms with Gasteiger partial charge in [-0.15, -0.1) is 0 Å². The molecular formula is CH6O3Re. The van der Waals surface area contributed by atoms with E-state index in [2.05, 4.69) is 0 Å². The third-order valence-corrected chi connectivity index (χ3v) is 0. The van der Waals surface area contributed by atoms with Crippen molar-refractivity contribution >= 4 is 0 Å². The van der Waals surface area contributed by atoms with Gasteiger partial charge in [-0.3, -0.25) is 0 Å². The molecule has 0 unspecified atom stereocenters.